The number of hydrogen-bond donors (Lipinski definition) is 1. The van der Waals surface area contributed by atoms with E-state index in [1.807, 2.05) is 11.4 Å². The molecule has 1 heterocycles. The molecule has 0 saturated carbocycles. The largest absolute Gasteiger partial charge is 0.396 e. The Labute approximate surface area is 95.2 Å². The quantitative estimate of drug-likeness (QED) is 0.834. The molecule has 1 aromatic rings. The highest BCUT2D eigenvalue weighted by molar-refractivity contribution is 7.10. The summed E-state index contributed by atoms with van der Waals surface area (Å²) >= 11 is 1.69. The molecule has 1 N–H and O–H groups in total. The van der Waals surface area contributed by atoms with E-state index in [-0.39, 0.29) is 17.9 Å². The highest BCUT2D eigenvalue weighted by atomic mass is 32.1. The first-order valence-electron chi connectivity index (χ1n) is 5.17. The average Bonchev–Trinajstić information content (AvgIpc) is 2.72. The molecule has 15 heavy (non-hydrogen) atoms. The lowest BCUT2D eigenvalue weighted by Gasteiger charge is -2.28. The van der Waals surface area contributed by atoms with Gasteiger partial charge in [0.1, 0.15) is 0 Å². The lowest BCUT2D eigenvalue weighted by Crippen LogP contribution is -2.26. The van der Waals surface area contributed by atoms with Crippen LogP contribution in [0.3, 0.4) is 0 Å². The van der Waals surface area contributed by atoms with Gasteiger partial charge < -0.3 is 5.11 Å². The maximum atomic E-state index is 9.16. The summed E-state index contributed by atoms with van der Waals surface area (Å²) in [5.41, 5.74) is -0.113. The predicted molar refractivity (Wildman–Crippen MR) is 62.8 cm³/mol. The van der Waals surface area contributed by atoms with Crippen molar-refractivity contribution in [1.82, 2.24) is 0 Å². The van der Waals surface area contributed by atoms with E-state index >= 15 is 0 Å². The third-order valence-corrected chi connectivity index (χ3v) is 4.04. The van der Waals surface area contributed by atoms with E-state index in [2.05, 4.69) is 26.0 Å². The Morgan fingerprint density at radius 2 is 2.33 bits per heavy atom. The number of aliphatic hydroxyl groups excluding tert-OH is 1. The van der Waals surface area contributed by atoms with Gasteiger partial charge in [0, 0.05) is 16.9 Å². The van der Waals surface area contributed by atoms with Gasteiger partial charge in [-0.1, -0.05) is 19.9 Å². The minimum absolute atomic E-state index is 0.0247. The maximum absolute atomic E-state index is 9.16. The van der Waals surface area contributed by atoms with Crippen molar-refractivity contribution in [3.8, 4) is 6.07 Å². The average molecular weight is 223 g/mol. The zero-order chi connectivity index (χ0) is 11.3. The number of hydrogen-bond acceptors (Lipinski definition) is 3. The Morgan fingerprint density at radius 1 is 1.60 bits per heavy atom. The molecule has 0 aromatic carbocycles. The monoisotopic (exact) mass is 223 g/mol. The molecular formula is C12H17NOS. The Morgan fingerprint density at radius 3 is 2.80 bits per heavy atom. The minimum Gasteiger partial charge on any atom is -0.396 e. The van der Waals surface area contributed by atoms with Crippen LogP contribution in [0.15, 0.2) is 17.5 Å². The van der Waals surface area contributed by atoms with Gasteiger partial charge in [-0.15, -0.1) is 11.3 Å². The van der Waals surface area contributed by atoms with Crippen LogP contribution in [0.5, 0.6) is 0 Å². The zero-order valence-electron chi connectivity index (χ0n) is 9.23. The van der Waals surface area contributed by atoms with Crippen molar-refractivity contribution in [2.24, 2.45) is 5.92 Å². The molecule has 0 amide bonds. The molecule has 2 nitrogen and oxygen atoms in total. The second-order valence-corrected chi connectivity index (χ2v) is 5.19. The summed E-state index contributed by atoms with van der Waals surface area (Å²) in [5, 5.41) is 20.0. The van der Waals surface area contributed by atoms with Crippen LogP contribution in [-0.4, -0.2) is 11.7 Å². The van der Waals surface area contributed by atoms with E-state index in [0.29, 0.717) is 6.42 Å². The SMILES string of the molecule is CC(C)(c1cccs1)C(C#N)CCCO. The summed E-state index contributed by atoms with van der Waals surface area (Å²) in [4.78, 5) is 1.24. The normalized spacial score (nSPS) is 13.5. The predicted octanol–water partition coefficient (Wildman–Crippen LogP) is 2.94. The standard InChI is InChI=1S/C12H17NOS/c1-12(2,11-6-4-8-15-11)10(9-13)5-3-7-14/h4,6,8,10,14H,3,5,7H2,1-2H3. The summed E-state index contributed by atoms with van der Waals surface area (Å²) in [5.74, 6) is -0.0247. The van der Waals surface area contributed by atoms with Gasteiger partial charge in [0.2, 0.25) is 0 Å². The fourth-order valence-corrected chi connectivity index (χ4v) is 2.61. The smallest absolute Gasteiger partial charge is 0.0665 e. The molecule has 3 heteroatoms. The topological polar surface area (TPSA) is 44.0 Å². The fourth-order valence-electron chi connectivity index (χ4n) is 1.70. The number of rotatable bonds is 5. The van der Waals surface area contributed by atoms with Gasteiger partial charge in [-0.2, -0.15) is 5.26 Å². The molecule has 1 atom stereocenters. The Hall–Kier alpha value is -0.850. The van der Waals surface area contributed by atoms with Crippen molar-refractivity contribution >= 4 is 11.3 Å². The lowest BCUT2D eigenvalue weighted by atomic mass is 9.76. The van der Waals surface area contributed by atoms with Gasteiger partial charge in [0.15, 0.2) is 0 Å². The Kier molecular flexibility index (Phi) is 4.31. The molecule has 0 aliphatic heterocycles. The third kappa shape index (κ3) is 2.80. The van der Waals surface area contributed by atoms with Crippen molar-refractivity contribution in [2.45, 2.75) is 32.1 Å². The van der Waals surface area contributed by atoms with Crippen molar-refractivity contribution in [3.63, 3.8) is 0 Å². The lowest BCUT2D eigenvalue weighted by molar-refractivity contribution is 0.262. The Balaban J connectivity index is 2.79. The van der Waals surface area contributed by atoms with Crippen LogP contribution in [-0.2, 0) is 5.41 Å². The summed E-state index contributed by atoms with van der Waals surface area (Å²) in [6.45, 7) is 4.37. The van der Waals surface area contributed by atoms with Crippen molar-refractivity contribution in [3.05, 3.63) is 22.4 Å². The Bertz CT molecular complexity index is 324. The second-order valence-electron chi connectivity index (χ2n) is 4.25. The summed E-state index contributed by atoms with van der Waals surface area (Å²) in [6, 6.07) is 6.45. The van der Waals surface area contributed by atoms with Crippen LogP contribution in [0, 0.1) is 17.2 Å². The maximum Gasteiger partial charge on any atom is 0.0665 e. The van der Waals surface area contributed by atoms with E-state index in [1.54, 1.807) is 11.3 Å². The van der Waals surface area contributed by atoms with Gasteiger partial charge >= 0.3 is 0 Å². The van der Waals surface area contributed by atoms with Crippen LogP contribution in [0.1, 0.15) is 31.6 Å². The third-order valence-electron chi connectivity index (χ3n) is 2.83. The summed E-state index contributed by atoms with van der Waals surface area (Å²) in [7, 11) is 0. The zero-order valence-corrected chi connectivity index (χ0v) is 10.0. The van der Waals surface area contributed by atoms with E-state index in [0.717, 1.165) is 6.42 Å². The molecule has 1 aromatic heterocycles. The molecule has 0 saturated heterocycles. The van der Waals surface area contributed by atoms with E-state index in [1.165, 1.54) is 4.88 Å². The molecular weight excluding hydrogens is 206 g/mol. The van der Waals surface area contributed by atoms with Gasteiger partial charge in [0.05, 0.1) is 12.0 Å². The molecule has 0 fully saturated rings. The number of thiophene rings is 1. The fraction of sp³-hybridized carbons (Fsp3) is 0.583. The van der Waals surface area contributed by atoms with Gasteiger partial charge in [0.25, 0.3) is 0 Å². The highest BCUT2D eigenvalue weighted by Crippen LogP contribution is 2.36. The first-order chi connectivity index (χ1) is 7.12. The number of nitrogens with zero attached hydrogens (tertiary/aromatic N) is 1. The van der Waals surface area contributed by atoms with Gasteiger partial charge in [-0.25, -0.2) is 0 Å². The molecule has 1 unspecified atom stereocenters. The van der Waals surface area contributed by atoms with Crippen LogP contribution in [0.4, 0.5) is 0 Å². The first kappa shape index (κ1) is 12.2. The van der Waals surface area contributed by atoms with Crippen molar-refractivity contribution < 1.29 is 5.11 Å². The van der Waals surface area contributed by atoms with E-state index in [9.17, 15) is 0 Å². The first-order valence-corrected chi connectivity index (χ1v) is 6.05. The summed E-state index contributed by atoms with van der Waals surface area (Å²) in [6.07, 6.45) is 1.46. The van der Waals surface area contributed by atoms with E-state index in [4.69, 9.17) is 10.4 Å². The van der Waals surface area contributed by atoms with Crippen LogP contribution in [0.25, 0.3) is 0 Å². The molecule has 82 valence electrons. The molecule has 0 aliphatic carbocycles. The molecule has 0 bridgehead atoms. The second kappa shape index (κ2) is 5.29. The molecule has 0 aliphatic rings. The van der Waals surface area contributed by atoms with Crippen LogP contribution >= 0.6 is 11.3 Å². The molecule has 0 radical (unpaired) electrons. The van der Waals surface area contributed by atoms with Gasteiger partial charge in [-0.3, -0.25) is 0 Å². The number of aliphatic hydroxyl groups is 1. The van der Waals surface area contributed by atoms with E-state index < -0.39 is 0 Å². The van der Waals surface area contributed by atoms with Crippen LogP contribution < -0.4 is 0 Å². The highest BCUT2D eigenvalue weighted by Gasteiger charge is 2.31. The molecule has 0 spiro atoms. The van der Waals surface area contributed by atoms with Crippen LogP contribution in [0.2, 0.25) is 0 Å². The van der Waals surface area contributed by atoms with Gasteiger partial charge in [-0.05, 0) is 24.3 Å². The minimum atomic E-state index is -0.113. The number of nitriles is 1. The van der Waals surface area contributed by atoms with Crippen molar-refractivity contribution in [1.29, 1.82) is 5.26 Å². The van der Waals surface area contributed by atoms with Crippen molar-refractivity contribution in [2.75, 3.05) is 6.61 Å². The summed E-state index contributed by atoms with van der Waals surface area (Å²) < 4.78 is 0. The molecule has 1 rings (SSSR count).